The molecule has 2 heteroatoms. The number of aliphatic carboxylic acids is 1. The quantitative estimate of drug-likeness (QED) is 0.640. The SMILES string of the molecule is C=CC(C(=O)O)=C1CCCCC1. The first-order valence-electron chi connectivity index (χ1n) is 4.33. The van der Waals surface area contributed by atoms with E-state index in [2.05, 4.69) is 6.58 Å². The average molecular weight is 166 g/mol. The van der Waals surface area contributed by atoms with Crippen molar-refractivity contribution in [1.29, 1.82) is 0 Å². The second-order valence-electron chi connectivity index (χ2n) is 3.09. The predicted molar refractivity (Wildman–Crippen MR) is 47.9 cm³/mol. The van der Waals surface area contributed by atoms with Crippen LogP contribution in [0.15, 0.2) is 23.8 Å². The maximum atomic E-state index is 10.7. The van der Waals surface area contributed by atoms with E-state index >= 15 is 0 Å². The molecule has 0 aromatic rings. The fourth-order valence-corrected chi connectivity index (χ4v) is 1.63. The fourth-order valence-electron chi connectivity index (χ4n) is 1.63. The van der Waals surface area contributed by atoms with Crippen LogP contribution >= 0.6 is 0 Å². The third-order valence-electron chi connectivity index (χ3n) is 2.27. The summed E-state index contributed by atoms with van der Waals surface area (Å²) in [5.74, 6) is -0.832. The van der Waals surface area contributed by atoms with Gasteiger partial charge in [-0.25, -0.2) is 4.79 Å². The minimum Gasteiger partial charge on any atom is -0.478 e. The molecule has 1 aliphatic carbocycles. The van der Waals surface area contributed by atoms with Gasteiger partial charge in [0, 0.05) is 0 Å². The van der Waals surface area contributed by atoms with E-state index in [0.29, 0.717) is 5.57 Å². The topological polar surface area (TPSA) is 37.3 Å². The third kappa shape index (κ3) is 1.97. The number of carboxylic acids is 1. The molecule has 0 radical (unpaired) electrons. The number of hydrogen-bond donors (Lipinski definition) is 1. The first-order valence-corrected chi connectivity index (χ1v) is 4.33. The van der Waals surface area contributed by atoms with Crippen LogP contribution in [0.5, 0.6) is 0 Å². The van der Waals surface area contributed by atoms with Gasteiger partial charge < -0.3 is 5.11 Å². The van der Waals surface area contributed by atoms with Crippen molar-refractivity contribution in [3.63, 3.8) is 0 Å². The molecule has 0 heterocycles. The van der Waals surface area contributed by atoms with E-state index in [1.54, 1.807) is 0 Å². The van der Waals surface area contributed by atoms with Gasteiger partial charge in [0.25, 0.3) is 0 Å². The minimum atomic E-state index is -0.832. The summed E-state index contributed by atoms with van der Waals surface area (Å²) in [4.78, 5) is 10.7. The Hall–Kier alpha value is -1.05. The van der Waals surface area contributed by atoms with Crippen molar-refractivity contribution in [2.24, 2.45) is 0 Å². The van der Waals surface area contributed by atoms with Gasteiger partial charge in [-0.2, -0.15) is 0 Å². The molecule has 0 aliphatic heterocycles. The van der Waals surface area contributed by atoms with Gasteiger partial charge in [0.2, 0.25) is 0 Å². The van der Waals surface area contributed by atoms with Gasteiger partial charge in [-0.1, -0.05) is 24.6 Å². The molecule has 0 bridgehead atoms. The van der Waals surface area contributed by atoms with E-state index in [1.807, 2.05) is 0 Å². The van der Waals surface area contributed by atoms with E-state index in [1.165, 1.54) is 12.5 Å². The molecule has 1 aliphatic rings. The van der Waals surface area contributed by atoms with Gasteiger partial charge in [0.1, 0.15) is 0 Å². The molecule has 0 spiro atoms. The van der Waals surface area contributed by atoms with Gasteiger partial charge in [-0.05, 0) is 25.7 Å². The summed E-state index contributed by atoms with van der Waals surface area (Å²) in [7, 11) is 0. The lowest BCUT2D eigenvalue weighted by Gasteiger charge is -2.15. The first kappa shape index (κ1) is 9.04. The maximum absolute atomic E-state index is 10.7. The van der Waals surface area contributed by atoms with Crippen LogP contribution in [0.25, 0.3) is 0 Å². The largest absolute Gasteiger partial charge is 0.478 e. The highest BCUT2D eigenvalue weighted by Gasteiger charge is 2.13. The van der Waals surface area contributed by atoms with Crippen molar-refractivity contribution in [2.75, 3.05) is 0 Å². The second kappa shape index (κ2) is 4.10. The molecule has 0 amide bonds. The molecule has 1 saturated carbocycles. The van der Waals surface area contributed by atoms with Crippen LogP contribution in [0.3, 0.4) is 0 Å². The molecule has 1 N–H and O–H groups in total. The molecular weight excluding hydrogens is 152 g/mol. The Labute approximate surface area is 72.6 Å². The highest BCUT2D eigenvalue weighted by Crippen LogP contribution is 2.26. The van der Waals surface area contributed by atoms with Crippen molar-refractivity contribution in [3.05, 3.63) is 23.8 Å². The number of rotatable bonds is 2. The normalized spacial score (nSPS) is 17.2. The van der Waals surface area contributed by atoms with Gasteiger partial charge in [-0.15, -0.1) is 0 Å². The number of hydrogen-bond acceptors (Lipinski definition) is 1. The zero-order valence-electron chi connectivity index (χ0n) is 7.18. The molecule has 0 aromatic carbocycles. The monoisotopic (exact) mass is 166 g/mol. The Bertz CT molecular complexity index is 218. The van der Waals surface area contributed by atoms with Gasteiger partial charge >= 0.3 is 5.97 Å². The summed E-state index contributed by atoms with van der Waals surface area (Å²) in [6.45, 7) is 3.52. The molecule has 0 aromatic heterocycles. The standard InChI is InChI=1S/C10H14O2/c1-2-9(10(11)12)8-6-4-3-5-7-8/h2H,1,3-7H2,(H,11,12). The van der Waals surface area contributed by atoms with Crippen LogP contribution in [-0.4, -0.2) is 11.1 Å². The van der Waals surface area contributed by atoms with Crippen LogP contribution in [0.4, 0.5) is 0 Å². The number of carbonyl (C=O) groups is 1. The van der Waals surface area contributed by atoms with E-state index in [0.717, 1.165) is 31.3 Å². The molecule has 0 unspecified atom stereocenters. The average Bonchev–Trinajstić information content (AvgIpc) is 2.07. The van der Waals surface area contributed by atoms with Crippen LogP contribution < -0.4 is 0 Å². The Morgan fingerprint density at radius 3 is 2.33 bits per heavy atom. The zero-order valence-corrected chi connectivity index (χ0v) is 7.18. The molecule has 1 fully saturated rings. The fraction of sp³-hybridized carbons (Fsp3) is 0.500. The summed E-state index contributed by atoms with van der Waals surface area (Å²) < 4.78 is 0. The van der Waals surface area contributed by atoms with Crippen LogP contribution in [0.2, 0.25) is 0 Å². The molecular formula is C10H14O2. The van der Waals surface area contributed by atoms with Crippen molar-refractivity contribution < 1.29 is 9.90 Å². The maximum Gasteiger partial charge on any atom is 0.335 e. The van der Waals surface area contributed by atoms with Crippen molar-refractivity contribution in [1.82, 2.24) is 0 Å². The molecule has 66 valence electrons. The van der Waals surface area contributed by atoms with E-state index < -0.39 is 5.97 Å². The summed E-state index contributed by atoms with van der Waals surface area (Å²) >= 11 is 0. The van der Waals surface area contributed by atoms with E-state index in [4.69, 9.17) is 5.11 Å². The van der Waals surface area contributed by atoms with E-state index in [9.17, 15) is 4.79 Å². The summed E-state index contributed by atoms with van der Waals surface area (Å²) in [5, 5.41) is 8.80. The summed E-state index contributed by atoms with van der Waals surface area (Å²) in [6, 6.07) is 0. The number of carboxylic acid groups (broad SMARTS) is 1. The second-order valence-corrected chi connectivity index (χ2v) is 3.09. The highest BCUT2D eigenvalue weighted by molar-refractivity contribution is 5.90. The first-order chi connectivity index (χ1) is 5.75. The lowest BCUT2D eigenvalue weighted by Crippen LogP contribution is -2.05. The molecule has 2 nitrogen and oxygen atoms in total. The Morgan fingerprint density at radius 2 is 1.92 bits per heavy atom. The number of allylic oxidation sites excluding steroid dienone is 1. The highest BCUT2D eigenvalue weighted by atomic mass is 16.4. The molecule has 1 rings (SSSR count). The Balaban J connectivity index is 2.82. The molecule has 0 atom stereocenters. The van der Waals surface area contributed by atoms with Gasteiger partial charge in [-0.3, -0.25) is 0 Å². The Morgan fingerprint density at radius 1 is 1.33 bits per heavy atom. The minimum absolute atomic E-state index is 0.426. The smallest absolute Gasteiger partial charge is 0.335 e. The molecule has 0 saturated heterocycles. The summed E-state index contributed by atoms with van der Waals surface area (Å²) in [6.07, 6.45) is 6.82. The van der Waals surface area contributed by atoms with Gasteiger partial charge in [0.05, 0.1) is 5.57 Å². The van der Waals surface area contributed by atoms with Crippen LogP contribution in [-0.2, 0) is 4.79 Å². The predicted octanol–water partition coefficient (Wildman–Crippen LogP) is 2.52. The van der Waals surface area contributed by atoms with E-state index in [-0.39, 0.29) is 0 Å². The summed E-state index contributed by atoms with van der Waals surface area (Å²) in [5.41, 5.74) is 1.50. The van der Waals surface area contributed by atoms with Crippen molar-refractivity contribution >= 4 is 5.97 Å². The molecule has 12 heavy (non-hydrogen) atoms. The van der Waals surface area contributed by atoms with Crippen LogP contribution in [0.1, 0.15) is 32.1 Å². The van der Waals surface area contributed by atoms with Crippen molar-refractivity contribution in [2.45, 2.75) is 32.1 Å². The van der Waals surface area contributed by atoms with Crippen molar-refractivity contribution in [3.8, 4) is 0 Å². The van der Waals surface area contributed by atoms with Gasteiger partial charge in [0.15, 0.2) is 0 Å². The zero-order chi connectivity index (χ0) is 8.97. The lowest BCUT2D eigenvalue weighted by atomic mass is 9.91. The third-order valence-corrected chi connectivity index (χ3v) is 2.27. The Kier molecular flexibility index (Phi) is 3.09. The van der Waals surface area contributed by atoms with Crippen LogP contribution in [0, 0.1) is 0 Å². The lowest BCUT2D eigenvalue weighted by molar-refractivity contribution is -0.132.